The van der Waals surface area contributed by atoms with Gasteiger partial charge in [0.1, 0.15) is 5.75 Å². The fourth-order valence-electron chi connectivity index (χ4n) is 1.77. The summed E-state index contributed by atoms with van der Waals surface area (Å²) in [6, 6.07) is 4.04. The van der Waals surface area contributed by atoms with Gasteiger partial charge in [0.25, 0.3) is 15.9 Å². The van der Waals surface area contributed by atoms with E-state index in [2.05, 4.69) is 20.2 Å². The summed E-state index contributed by atoms with van der Waals surface area (Å²) in [5, 5.41) is 10.3. The van der Waals surface area contributed by atoms with E-state index >= 15 is 0 Å². The van der Waals surface area contributed by atoms with E-state index in [1.54, 1.807) is 0 Å². The van der Waals surface area contributed by atoms with Gasteiger partial charge in [-0.15, -0.1) is 10.2 Å². The van der Waals surface area contributed by atoms with Crippen molar-refractivity contribution in [2.75, 3.05) is 24.6 Å². The summed E-state index contributed by atoms with van der Waals surface area (Å²) < 4.78 is 33.1. The number of hydrogen-bond acceptors (Lipinski definition) is 8. The molecule has 0 aliphatic rings. The van der Waals surface area contributed by atoms with Crippen LogP contribution in [-0.2, 0) is 10.0 Å². The molecule has 0 spiro atoms. The number of hydrogen-bond donors (Lipinski definition) is 2. The normalized spacial score (nSPS) is 11.1. The lowest BCUT2D eigenvalue weighted by atomic mass is 10.2. The van der Waals surface area contributed by atoms with Gasteiger partial charge in [-0.3, -0.25) is 9.52 Å². The molecule has 2 aromatic rings. The average Bonchev–Trinajstić information content (AvgIpc) is 3.00. The number of carbonyl (C=O) groups is 1. The summed E-state index contributed by atoms with van der Waals surface area (Å²) in [7, 11) is -1.03. The molecule has 24 heavy (non-hydrogen) atoms. The number of rotatable bonds is 7. The average molecular weight is 388 g/mol. The van der Waals surface area contributed by atoms with Crippen molar-refractivity contribution in [3.8, 4) is 5.75 Å². The first-order valence-electron chi connectivity index (χ1n) is 6.80. The Balaban J connectivity index is 2.32. The van der Waals surface area contributed by atoms with Gasteiger partial charge >= 0.3 is 0 Å². The van der Waals surface area contributed by atoms with Crippen molar-refractivity contribution in [1.82, 2.24) is 15.5 Å². The van der Waals surface area contributed by atoms with Crippen LogP contribution < -0.4 is 14.8 Å². The summed E-state index contributed by atoms with van der Waals surface area (Å²) in [5.41, 5.74) is 0.127. The molecule has 0 unspecified atom stereocenters. The molecule has 1 amide bonds. The van der Waals surface area contributed by atoms with Crippen LogP contribution in [0.3, 0.4) is 0 Å². The van der Waals surface area contributed by atoms with E-state index < -0.39 is 15.9 Å². The lowest BCUT2D eigenvalue weighted by molar-refractivity contribution is 0.0960. The number of amides is 1. The first kappa shape index (κ1) is 18.5. The SMILES string of the molecule is CCSc1nnc(NS(=O)(=O)c2ccc(OC)c(C(=O)NC)c2)s1. The van der Waals surface area contributed by atoms with Crippen LogP contribution in [0.1, 0.15) is 17.3 Å². The second-order valence-electron chi connectivity index (χ2n) is 4.35. The van der Waals surface area contributed by atoms with Crippen molar-refractivity contribution in [3.05, 3.63) is 23.8 Å². The minimum absolute atomic E-state index is 0.0678. The van der Waals surface area contributed by atoms with Crippen LogP contribution in [-0.4, -0.2) is 44.4 Å². The minimum atomic E-state index is -3.89. The lowest BCUT2D eigenvalue weighted by Crippen LogP contribution is -2.20. The molecule has 0 saturated carbocycles. The quantitative estimate of drug-likeness (QED) is 0.696. The predicted octanol–water partition coefficient (Wildman–Crippen LogP) is 1.82. The van der Waals surface area contributed by atoms with Gasteiger partial charge in [0, 0.05) is 7.05 Å². The largest absolute Gasteiger partial charge is 0.496 e. The van der Waals surface area contributed by atoms with E-state index in [9.17, 15) is 13.2 Å². The fourth-order valence-corrected chi connectivity index (χ4v) is 4.68. The Labute approximate surface area is 148 Å². The van der Waals surface area contributed by atoms with Crippen molar-refractivity contribution >= 4 is 44.2 Å². The maximum atomic E-state index is 12.5. The number of methoxy groups -OCH3 is 1. The Morgan fingerprint density at radius 1 is 1.38 bits per heavy atom. The van der Waals surface area contributed by atoms with E-state index in [1.807, 2.05) is 6.92 Å². The molecule has 0 fully saturated rings. The van der Waals surface area contributed by atoms with Crippen LogP contribution in [0.5, 0.6) is 5.75 Å². The zero-order chi connectivity index (χ0) is 17.7. The number of ether oxygens (including phenoxy) is 1. The third-order valence-corrected chi connectivity index (χ3v) is 6.17. The first-order valence-corrected chi connectivity index (χ1v) is 10.1. The Bertz CT molecular complexity index is 835. The predicted molar refractivity (Wildman–Crippen MR) is 93.5 cm³/mol. The second kappa shape index (κ2) is 7.81. The lowest BCUT2D eigenvalue weighted by Gasteiger charge is -2.10. The third kappa shape index (κ3) is 4.16. The smallest absolute Gasteiger partial charge is 0.263 e. The fraction of sp³-hybridized carbons (Fsp3) is 0.308. The highest BCUT2D eigenvalue weighted by atomic mass is 32.2. The first-order chi connectivity index (χ1) is 11.4. The molecular weight excluding hydrogens is 372 g/mol. The number of sulfonamides is 1. The van der Waals surface area contributed by atoms with E-state index in [0.29, 0.717) is 4.34 Å². The van der Waals surface area contributed by atoms with Gasteiger partial charge < -0.3 is 10.1 Å². The van der Waals surface area contributed by atoms with Crippen molar-refractivity contribution in [3.63, 3.8) is 0 Å². The molecule has 11 heteroatoms. The zero-order valence-electron chi connectivity index (χ0n) is 13.2. The van der Waals surface area contributed by atoms with Crippen molar-refractivity contribution in [2.24, 2.45) is 0 Å². The Kier molecular flexibility index (Phi) is 6.02. The van der Waals surface area contributed by atoms with Crippen molar-refractivity contribution in [2.45, 2.75) is 16.2 Å². The van der Waals surface area contributed by atoms with Crippen LogP contribution in [0, 0.1) is 0 Å². The van der Waals surface area contributed by atoms with E-state index in [4.69, 9.17) is 4.74 Å². The van der Waals surface area contributed by atoms with Gasteiger partial charge in [0.2, 0.25) is 5.13 Å². The summed E-state index contributed by atoms with van der Waals surface area (Å²) in [4.78, 5) is 11.8. The summed E-state index contributed by atoms with van der Waals surface area (Å²) in [6.07, 6.45) is 0. The zero-order valence-corrected chi connectivity index (χ0v) is 15.6. The molecule has 0 aliphatic heterocycles. The highest BCUT2D eigenvalue weighted by molar-refractivity contribution is 8.01. The Morgan fingerprint density at radius 3 is 2.75 bits per heavy atom. The molecule has 0 atom stereocenters. The van der Waals surface area contributed by atoms with Crippen LogP contribution in [0.4, 0.5) is 5.13 Å². The number of thioether (sulfide) groups is 1. The molecule has 8 nitrogen and oxygen atoms in total. The van der Waals surface area contributed by atoms with Crippen molar-refractivity contribution in [1.29, 1.82) is 0 Å². The molecular formula is C13H16N4O4S3. The van der Waals surface area contributed by atoms with Crippen LogP contribution in [0.25, 0.3) is 0 Å². The van der Waals surface area contributed by atoms with Gasteiger partial charge in [-0.25, -0.2) is 8.42 Å². The Hall–Kier alpha value is -1.85. The molecule has 1 aromatic carbocycles. The molecule has 130 valence electrons. The van der Waals surface area contributed by atoms with Gasteiger partial charge in [-0.05, 0) is 24.0 Å². The number of nitrogens with zero attached hydrogens (tertiary/aromatic N) is 2. The number of nitrogens with one attached hydrogen (secondary N) is 2. The maximum Gasteiger partial charge on any atom is 0.263 e. The second-order valence-corrected chi connectivity index (χ2v) is 8.52. The highest BCUT2D eigenvalue weighted by Gasteiger charge is 2.21. The number of carbonyl (C=O) groups excluding carboxylic acids is 1. The summed E-state index contributed by atoms with van der Waals surface area (Å²) in [6.45, 7) is 1.97. The summed E-state index contributed by atoms with van der Waals surface area (Å²) in [5.74, 6) is 0.655. The van der Waals surface area contributed by atoms with Gasteiger partial charge in [0.15, 0.2) is 4.34 Å². The topological polar surface area (TPSA) is 110 Å². The van der Waals surface area contributed by atoms with Gasteiger partial charge in [-0.1, -0.05) is 30.0 Å². The van der Waals surface area contributed by atoms with Crippen molar-refractivity contribution < 1.29 is 17.9 Å². The third-order valence-electron chi connectivity index (χ3n) is 2.85. The van der Waals surface area contributed by atoms with Crippen LogP contribution in [0.15, 0.2) is 27.4 Å². The molecule has 0 saturated heterocycles. The van der Waals surface area contributed by atoms with Crippen LogP contribution in [0.2, 0.25) is 0 Å². The molecule has 0 bridgehead atoms. The number of anilines is 1. The van der Waals surface area contributed by atoms with Crippen LogP contribution >= 0.6 is 23.1 Å². The van der Waals surface area contributed by atoms with E-state index in [0.717, 1.165) is 17.1 Å². The van der Waals surface area contributed by atoms with Gasteiger partial charge in [-0.2, -0.15) is 0 Å². The molecule has 0 aliphatic carbocycles. The Morgan fingerprint density at radius 2 is 2.12 bits per heavy atom. The minimum Gasteiger partial charge on any atom is -0.496 e. The monoisotopic (exact) mass is 388 g/mol. The molecule has 2 rings (SSSR count). The maximum absolute atomic E-state index is 12.5. The molecule has 1 aromatic heterocycles. The molecule has 0 radical (unpaired) electrons. The highest BCUT2D eigenvalue weighted by Crippen LogP contribution is 2.28. The van der Waals surface area contributed by atoms with E-state index in [-0.39, 0.29) is 21.3 Å². The molecule has 2 N–H and O–H groups in total. The summed E-state index contributed by atoms with van der Waals surface area (Å²) >= 11 is 2.62. The van der Waals surface area contributed by atoms with Gasteiger partial charge in [0.05, 0.1) is 17.6 Å². The standard InChI is InChI=1S/C13H16N4O4S3/c1-4-22-13-16-15-12(23-13)17-24(19,20)8-5-6-10(21-3)9(7-8)11(18)14-2/h5-7H,4H2,1-3H3,(H,14,18)(H,15,17). The number of aromatic nitrogens is 2. The van der Waals surface area contributed by atoms with E-state index in [1.165, 1.54) is 44.1 Å². The molecule has 1 heterocycles. The number of benzene rings is 1.